The van der Waals surface area contributed by atoms with E-state index in [1.807, 2.05) is 34.6 Å². The standard InChI is InChI=1S/C18H28O2/c1-13(2)14-9-11-15(12-10-14)16(3,4)20-18(7,8)17(5,6)19/h9-12,19H,1H2,2-8H3. The predicted octanol–water partition coefficient (Wildman–Crippen LogP) is 4.52. The molecule has 0 saturated carbocycles. The Hall–Kier alpha value is -1.12. The maximum Gasteiger partial charge on any atom is 0.0918 e. The normalized spacial score (nSPS) is 13.4. The van der Waals surface area contributed by atoms with Gasteiger partial charge in [-0.05, 0) is 59.6 Å². The van der Waals surface area contributed by atoms with Gasteiger partial charge in [-0.1, -0.05) is 36.4 Å². The van der Waals surface area contributed by atoms with Crippen LogP contribution in [0.1, 0.15) is 59.6 Å². The summed E-state index contributed by atoms with van der Waals surface area (Å²) in [5.41, 5.74) is 1.22. The minimum Gasteiger partial charge on any atom is -0.387 e. The van der Waals surface area contributed by atoms with E-state index in [9.17, 15) is 5.11 Å². The third-order valence-corrected chi connectivity index (χ3v) is 4.06. The SMILES string of the molecule is C=C(C)c1ccc(C(C)(C)OC(C)(C)C(C)(C)O)cc1. The van der Waals surface area contributed by atoms with Gasteiger partial charge in [-0.15, -0.1) is 0 Å². The quantitative estimate of drug-likeness (QED) is 0.856. The zero-order valence-electron chi connectivity index (χ0n) is 13.9. The van der Waals surface area contributed by atoms with E-state index in [1.165, 1.54) is 0 Å². The second-order valence-electron chi connectivity index (χ2n) is 7.04. The van der Waals surface area contributed by atoms with Crippen molar-refractivity contribution in [1.82, 2.24) is 0 Å². The van der Waals surface area contributed by atoms with E-state index in [-0.39, 0.29) is 0 Å². The number of aliphatic hydroxyl groups is 1. The van der Waals surface area contributed by atoms with E-state index in [0.29, 0.717) is 0 Å². The van der Waals surface area contributed by atoms with E-state index in [0.717, 1.165) is 16.7 Å². The predicted molar refractivity (Wildman–Crippen MR) is 85.6 cm³/mol. The van der Waals surface area contributed by atoms with Crippen LogP contribution >= 0.6 is 0 Å². The summed E-state index contributed by atoms with van der Waals surface area (Å²) in [6.45, 7) is 17.4. The number of allylic oxidation sites excluding steroid dienone is 1. The van der Waals surface area contributed by atoms with Gasteiger partial charge in [-0.2, -0.15) is 0 Å². The fraction of sp³-hybridized carbons (Fsp3) is 0.556. The molecule has 1 aromatic rings. The van der Waals surface area contributed by atoms with Gasteiger partial charge in [0.15, 0.2) is 0 Å². The monoisotopic (exact) mass is 276 g/mol. The molecule has 1 aromatic carbocycles. The molecule has 2 heteroatoms. The summed E-state index contributed by atoms with van der Waals surface area (Å²) in [4.78, 5) is 0. The van der Waals surface area contributed by atoms with Gasteiger partial charge in [0.1, 0.15) is 0 Å². The molecule has 0 heterocycles. The second-order valence-corrected chi connectivity index (χ2v) is 7.04. The third-order valence-electron chi connectivity index (χ3n) is 4.06. The van der Waals surface area contributed by atoms with E-state index in [1.54, 1.807) is 13.8 Å². The van der Waals surface area contributed by atoms with Crippen molar-refractivity contribution in [3.8, 4) is 0 Å². The smallest absolute Gasteiger partial charge is 0.0918 e. The van der Waals surface area contributed by atoms with Crippen LogP contribution in [0.15, 0.2) is 30.8 Å². The Labute approximate surface area is 123 Å². The van der Waals surface area contributed by atoms with Gasteiger partial charge in [-0.25, -0.2) is 0 Å². The van der Waals surface area contributed by atoms with Crippen molar-refractivity contribution >= 4 is 5.57 Å². The van der Waals surface area contributed by atoms with Gasteiger partial charge < -0.3 is 9.84 Å². The Morgan fingerprint density at radius 2 is 1.45 bits per heavy atom. The molecule has 1 rings (SSSR count). The van der Waals surface area contributed by atoms with Crippen LogP contribution in [-0.2, 0) is 10.3 Å². The van der Waals surface area contributed by atoms with Gasteiger partial charge in [0.05, 0.1) is 16.8 Å². The molecule has 0 aliphatic carbocycles. The topological polar surface area (TPSA) is 29.5 Å². The molecule has 0 aliphatic rings. The molecule has 1 N–H and O–H groups in total. The highest BCUT2D eigenvalue weighted by atomic mass is 16.5. The van der Waals surface area contributed by atoms with Crippen LogP contribution in [-0.4, -0.2) is 16.3 Å². The number of hydrogen-bond donors (Lipinski definition) is 1. The van der Waals surface area contributed by atoms with Gasteiger partial charge >= 0.3 is 0 Å². The number of hydrogen-bond acceptors (Lipinski definition) is 2. The molecule has 0 spiro atoms. The molecular formula is C18H28O2. The maximum atomic E-state index is 10.2. The highest BCUT2D eigenvalue weighted by molar-refractivity contribution is 5.61. The molecule has 2 nitrogen and oxygen atoms in total. The highest BCUT2D eigenvalue weighted by Gasteiger charge is 2.41. The average Bonchev–Trinajstić information content (AvgIpc) is 2.26. The van der Waals surface area contributed by atoms with Crippen molar-refractivity contribution in [3.63, 3.8) is 0 Å². The zero-order chi connectivity index (χ0) is 15.8. The van der Waals surface area contributed by atoms with Crippen molar-refractivity contribution < 1.29 is 9.84 Å². The molecule has 112 valence electrons. The second kappa shape index (κ2) is 5.34. The lowest BCUT2D eigenvalue weighted by atomic mass is 9.87. The summed E-state index contributed by atoms with van der Waals surface area (Å²) in [6.07, 6.45) is 0. The molecular weight excluding hydrogens is 248 g/mol. The van der Waals surface area contributed by atoms with Gasteiger partial charge in [0, 0.05) is 0 Å². The first-order valence-electron chi connectivity index (χ1n) is 7.06. The van der Waals surface area contributed by atoms with E-state index in [4.69, 9.17) is 4.74 Å². The molecule has 0 atom stereocenters. The van der Waals surface area contributed by atoms with Gasteiger partial charge in [-0.3, -0.25) is 0 Å². The first kappa shape index (κ1) is 16.9. The van der Waals surface area contributed by atoms with Crippen LogP contribution in [0.2, 0.25) is 0 Å². The summed E-state index contributed by atoms with van der Waals surface area (Å²) >= 11 is 0. The first-order chi connectivity index (χ1) is 8.87. The lowest BCUT2D eigenvalue weighted by Crippen LogP contribution is -2.50. The van der Waals surface area contributed by atoms with Crippen molar-refractivity contribution in [2.75, 3.05) is 0 Å². The summed E-state index contributed by atoms with van der Waals surface area (Å²) in [6, 6.07) is 8.23. The molecule has 0 saturated heterocycles. The number of benzene rings is 1. The Balaban J connectivity index is 3.02. The van der Waals surface area contributed by atoms with Crippen molar-refractivity contribution in [2.45, 2.75) is 65.3 Å². The van der Waals surface area contributed by atoms with Crippen LogP contribution in [0.3, 0.4) is 0 Å². The maximum absolute atomic E-state index is 10.2. The summed E-state index contributed by atoms with van der Waals surface area (Å²) in [7, 11) is 0. The van der Waals surface area contributed by atoms with E-state index in [2.05, 4.69) is 30.8 Å². The zero-order valence-corrected chi connectivity index (χ0v) is 13.9. The molecule has 0 bridgehead atoms. The third kappa shape index (κ3) is 3.71. The minimum absolute atomic E-state index is 0.475. The lowest BCUT2D eigenvalue weighted by Gasteiger charge is -2.43. The molecule has 0 fully saturated rings. The summed E-state index contributed by atoms with van der Waals surface area (Å²) in [5, 5.41) is 10.2. The number of ether oxygens (including phenoxy) is 1. The average molecular weight is 276 g/mol. The molecule has 20 heavy (non-hydrogen) atoms. The van der Waals surface area contributed by atoms with Crippen LogP contribution in [0.4, 0.5) is 0 Å². The van der Waals surface area contributed by atoms with Crippen molar-refractivity contribution in [2.24, 2.45) is 0 Å². The Morgan fingerprint density at radius 3 is 1.80 bits per heavy atom. The highest BCUT2D eigenvalue weighted by Crippen LogP contribution is 2.35. The van der Waals surface area contributed by atoms with Crippen LogP contribution in [0.5, 0.6) is 0 Å². The molecule has 0 radical (unpaired) electrons. The molecule has 0 aromatic heterocycles. The van der Waals surface area contributed by atoms with Gasteiger partial charge in [0.2, 0.25) is 0 Å². The fourth-order valence-corrected chi connectivity index (χ4v) is 1.98. The van der Waals surface area contributed by atoms with Crippen molar-refractivity contribution in [1.29, 1.82) is 0 Å². The molecule has 0 amide bonds. The Morgan fingerprint density at radius 1 is 1.00 bits per heavy atom. The van der Waals surface area contributed by atoms with Gasteiger partial charge in [0.25, 0.3) is 0 Å². The van der Waals surface area contributed by atoms with Crippen LogP contribution in [0, 0.1) is 0 Å². The molecule has 0 aliphatic heterocycles. The Bertz CT molecular complexity index is 473. The summed E-state index contributed by atoms with van der Waals surface area (Å²) in [5.74, 6) is 0. The number of rotatable bonds is 5. The lowest BCUT2D eigenvalue weighted by molar-refractivity contribution is -0.207. The van der Waals surface area contributed by atoms with Crippen LogP contribution < -0.4 is 0 Å². The van der Waals surface area contributed by atoms with E-state index >= 15 is 0 Å². The van der Waals surface area contributed by atoms with Crippen molar-refractivity contribution in [3.05, 3.63) is 42.0 Å². The van der Waals surface area contributed by atoms with E-state index < -0.39 is 16.8 Å². The minimum atomic E-state index is -0.915. The Kier molecular flexibility index (Phi) is 4.52. The molecule has 0 unspecified atom stereocenters. The largest absolute Gasteiger partial charge is 0.387 e. The summed E-state index contributed by atoms with van der Waals surface area (Å²) < 4.78 is 6.20. The fourth-order valence-electron chi connectivity index (χ4n) is 1.98. The van der Waals surface area contributed by atoms with Crippen LogP contribution in [0.25, 0.3) is 5.57 Å². The first-order valence-corrected chi connectivity index (χ1v) is 7.06.